The average molecular weight is 443 g/mol. The largest absolute Gasteiger partial charge is 0.383 e. The lowest BCUT2D eigenvalue weighted by Crippen LogP contribution is -2.18. The first-order chi connectivity index (χ1) is 15.1. The molecule has 2 aromatic carbocycles. The van der Waals surface area contributed by atoms with E-state index in [1.165, 1.54) is 22.3 Å². The molecule has 1 unspecified atom stereocenters. The van der Waals surface area contributed by atoms with Crippen LogP contribution in [0.4, 0.5) is 16.2 Å². The van der Waals surface area contributed by atoms with Crippen molar-refractivity contribution in [1.82, 2.24) is 5.32 Å². The molecule has 1 atom stereocenters. The van der Waals surface area contributed by atoms with E-state index < -0.39 is 16.8 Å². The van der Waals surface area contributed by atoms with Crippen LogP contribution in [0.25, 0.3) is 0 Å². The number of nitrogens with one attached hydrogen (secondary N) is 3. The van der Waals surface area contributed by atoms with Crippen molar-refractivity contribution in [3.05, 3.63) is 58.1 Å². The maximum absolute atomic E-state index is 12.6. The monoisotopic (exact) mass is 442 g/mol. The third-order valence-electron chi connectivity index (χ3n) is 5.85. The van der Waals surface area contributed by atoms with Crippen LogP contribution in [0.5, 0.6) is 0 Å². The van der Waals surface area contributed by atoms with Gasteiger partial charge in [-0.3, -0.25) is 0 Å². The van der Waals surface area contributed by atoms with Crippen LogP contribution >= 0.6 is 0 Å². The fourth-order valence-corrected chi connectivity index (χ4v) is 5.10. The summed E-state index contributed by atoms with van der Waals surface area (Å²) in [7, 11) is -0.595. The van der Waals surface area contributed by atoms with Crippen LogP contribution in [0.3, 0.4) is 0 Å². The predicted octanol–water partition coefficient (Wildman–Crippen LogP) is 3.62. The number of carbonyl (C=O) groups is 1. The second kappa shape index (κ2) is 10.3. The number of hydrogen-bond donors (Lipinski definition) is 4. The van der Waals surface area contributed by atoms with Crippen molar-refractivity contribution < 1.29 is 13.7 Å². The summed E-state index contributed by atoms with van der Waals surface area (Å²) in [5, 5.41) is 6.23. The Morgan fingerprint density at radius 3 is 2.55 bits per heavy atom. The van der Waals surface area contributed by atoms with Gasteiger partial charge in [-0.1, -0.05) is 18.2 Å². The molecule has 4 rings (SSSR count). The summed E-state index contributed by atoms with van der Waals surface area (Å²) in [6.45, 7) is 2.08. The smallest absolute Gasteiger partial charge is 0.354 e. The van der Waals surface area contributed by atoms with E-state index in [0.717, 1.165) is 56.3 Å². The molecule has 0 spiro atoms. The van der Waals surface area contributed by atoms with Crippen molar-refractivity contribution in [2.75, 3.05) is 30.3 Å². The van der Waals surface area contributed by atoms with Gasteiger partial charge in [-0.05, 0) is 78.5 Å². The third kappa shape index (κ3) is 5.44. The Kier molecular flexibility index (Phi) is 7.21. The van der Waals surface area contributed by atoms with Gasteiger partial charge < -0.3 is 20.1 Å². The van der Waals surface area contributed by atoms with Crippen LogP contribution < -0.4 is 15.4 Å². The van der Waals surface area contributed by atoms with Gasteiger partial charge in [0.2, 0.25) is 0 Å². The zero-order valence-electron chi connectivity index (χ0n) is 17.9. The summed E-state index contributed by atoms with van der Waals surface area (Å²) in [5.74, 6) is 0. The zero-order valence-corrected chi connectivity index (χ0v) is 18.8. The molecule has 0 bridgehead atoms. The van der Waals surface area contributed by atoms with E-state index in [9.17, 15) is 9.00 Å². The van der Waals surface area contributed by atoms with Crippen molar-refractivity contribution in [2.45, 2.75) is 45.1 Å². The summed E-state index contributed by atoms with van der Waals surface area (Å²) >= 11 is 0. The first-order valence-corrected chi connectivity index (χ1v) is 12.1. The second-order valence-corrected chi connectivity index (χ2v) is 8.99. The van der Waals surface area contributed by atoms with Crippen LogP contribution in [0.2, 0.25) is 0 Å². The van der Waals surface area contributed by atoms with E-state index in [1.54, 1.807) is 7.11 Å². The number of fused-ring (bicyclic) bond motifs is 2. The maximum atomic E-state index is 12.6. The van der Waals surface area contributed by atoms with E-state index in [4.69, 9.17) is 4.74 Å². The fourth-order valence-electron chi connectivity index (χ4n) is 4.47. The number of amides is 2. The highest BCUT2D eigenvalue weighted by Gasteiger charge is 2.24. The molecule has 0 fully saturated rings. The number of rotatable bonds is 8. The first kappa shape index (κ1) is 21.8. The fraction of sp³-hybridized carbons (Fsp3) is 0.435. The number of ether oxygens (including phenoxy) is 1. The molecule has 0 heterocycles. The first-order valence-electron chi connectivity index (χ1n) is 10.9. The van der Waals surface area contributed by atoms with Gasteiger partial charge in [0.25, 0.3) is 0 Å². The molecule has 2 amide bonds. The Morgan fingerprint density at radius 2 is 1.84 bits per heavy atom. The third-order valence-corrected chi connectivity index (χ3v) is 6.66. The standard InChI is InChI=1S/C23H30N4O3S/c1-30-12-11-24-15-16-5-2-8-19(13-16)26-31(29)27-23(28)25-22-20-9-3-6-17(20)14-18-7-4-10-21(18)22/h2,5,8,13-14,24,31H,3-4,6-7,9-12,15H2,1H3,(H2,25,26,27,28,29). The average Bonchev–Trinajstić information content (AvgIpc) is 3.40. The van der Waals surface area contributed by atoms with Crippen molar-refractivity contribution >= 4 is 28.2 Å². The van der Waals surface area contributed by atoms with Crippen LogP contribution in [0, 0.1) is 0 Å². The van der Waals surface area contributed by atoms with Crippen LogP contribution in [-0.2, 0) is 47.7 Å². The number of anilines is 2. The summed E-state index contributed by atoms with van der Waals surface area (Å²) in [6.07, 6.45) is 6.32. The van der Waals surface area contributed by atoms with Crippen molar-refractivity contribution in [3.63, 3.8) is 0 Å². The van der Waals surface area contributed by atoms with Gasteiger partial charge in [0, 0.05) is 31.6 Å². The molecule has 0 saturated heterocycles. The lowest BCUT2D eigenvalue weighted by Gasteiger charge is -2.14. The molecule has 8 heteroatoms. The molecule has 2 aliphatic carbocycles. The molecule has 31 heavy (non-hydrogen) atoms. The van der Waals surface area contributed by atoms with Gasteiger partial charge in [-0.2, -0.15) is 0 Å². The van der Waals surface area contributed by atoms with Gasteiger partial charge >= 0.3 is 6.03 Å². The molecular formula is C23H30N4O3S. The Labute approximate surface area is 185 Å². The van der Waals surface area contributed by atoms with Crippen LogP contribution in [0.1, 0.15) is 40.7 Å². The van der Waals surface area contributed by atoms with Crippen molar-refractivity contribution in [2.24, 2.45) is 4.36 Å². The van der Waals surface area contributed by atoms with E-state index in [0.29, 0.717) is 18.8 Å². The molecule has 2 aromatic rings. The highest BCUT2D eigenvalue weighted by molar-refractivity contribution is 7.76. The second-order valence-electron chi connectivity index (χ2n) is 8.02. The lowest BCUT2D eigenvalue weighted by atomic mass is 9.99. The van der Waals surface area contributed by atoms with Crippen LogP contribution in [0.15, 0.2) is 34.7 Å². The van der Waals surface area contributed by atoms with E-state index in [-0.39, 0.29) is 0 Å². The highest BCUT2D eigenvalue weighted by atomic mass is 32.2. The number of benzene rings is 2. The quantitative estimate of drug-likeness (QED) is 0.371. The van der Waals surface area contributed by atoms with Gasteiger partial charge in [0.05, 0.1) is 6.61 Å². The van der Waals surface area contributed by atoms with Crippen molar-refractivity contribution in [1.29, 1.82) is 0 Å². The highest BCUT2D eigenvalue weighted by Crippen LogP contribution is 2.38. The Hall–Kier alpha value is -2.42. The molecule has 3 N–H and O–H groups in total. The molecule has 2 aliphatic rings. The van der Waals surface area contributed by atoms with E-state index in [1.807, 2.05) is 24.3 Å². The molecule has 0 aromatic heterocycles. The van der Waals surface area contributed by atoms with Crippen molar-refractivity contribution in [3.8, 4) is 0 Å². The van der Waals surface area contributed by atoms with E-state index >= 15 is 0 Å². The van der Waals surface area contributed by atoms with Crippen LogP contribution in [-0.4, -0.2) is 30.5 Å². The molecule has 0 radical (unpaired) electrons. The Balaban J connectivity index is 1.41. The molecular weight excluding hydrogens is 412 g/mol. The number of carbonyl (C=O) groups excluding carboxylic acids is 1. The molecule has 166 valence electrons. The Bertz CT molecular complexity index is 1020. The minimum Gasteiger partial charge on any atom is -0.383 e. The number of urea groups is 1. The number of thiol groups is 1. The minimum absolute atomic E-state index is 0.555. The predicted molar refractivity (Wildman–Crippen MR) is 125 cm³/mol. The number of hydrogen-bond acceptors (Lipinski definition) is 4. The van der Waals surface area contributed by atoms with Gasteiger partial charge in [0.15, 0.2) is 0 Å². The lowest BCUT2D eigenvalue weighted by molar-refractivity contribution is 0.199. The number of methoxy groups -OCH3 is 1. The SMILES string of the molecule is COCCNCc1cccc(N/[SH](=O)=N\C(=O)Nc2c3c(cc4c2CCC4)CCC3)c1. The Morgan fingerprint density at radius 1 is 1.10 bits per heavy atom. The topological polar surface area (TPSA) is 91.8 Å². The zero-order chi connectivity index (χ0) is 21.6. The molecule has 7 nitrogen and oxygen atoms in total. The number of aryl methyl sites for hydroxylation is 2. The number of nitrogens with zero attached hydrogens (tertiary/aromatic N) is 1. The van der Waals surface area contributed by atoms with Gasteiger partial charge in [0.1, 0.15) is 10.8 Å². The van der Waals surface area contributed by atoms with Gasteiger partial charge in [-0.25, -0.2) is 9.00 Å². The van der Waals surface area contributed by atoms with Gasteiger partial charge in [-0.15, -0.1) is 4.36 Å². The summed E-state index contributed by atoms with van der Waals surface area (Å²) in [5.41, 5.74) is 7.80. The minimum atomic E-state index is -2.26. The summed E-state index contributed by atoms with van der Waals surface area (Å²) in [4.78, 5) is 12.6. The normalized spacial score (nSPS) is 15.5. The van der Waals surface area contributed by atoms with E-state index in [2.05, 4.69) is 25.8 Å². The molecule has 0 aliphatic heterocycles. The summed E-state index contributed by atoms with van der Waals surface area (Å²) < 4.78 is 24.2. The maximum Gasteiger partial charge on any atom is 0.354 e. The summed E-state index contributed by atoms with van der Waals surface area (Å²) in [6, 6.07) is 9.35. The molecule has 0 saturated carbocycles.